The lowest BCUT2D eigenvalue weighted by atomic mass is 9.81. The molecule has 0 saturated heterocycles. The van der Waals surface area contributed by atoms with Crippen LogP contribution in [-0.2, 0) is 20.4 Å². The number of fused-ring (bicyclic) bond motifs is 2. The van der Waals surface area contributed by atoms with Gasteiger partial charge in [0.1, 0.15) is 17.9 Å². The zero-order valence-corrected chi connectivity index (χ0v) is 25.5. The highest BCUT2D eigenvalue weighted by Crippen LogP contribution is 2.49. The first-order chi connectivity index (χ1) is 20.3. The second-order valence-corrected chi connectivity index (χ2v) is 11.6. The van der Waals surface area contributed by atoms with Crippen molar-refractivity contribution in [2.45, 2.75) is 51.4 Å². The Kier molecular flexibility index (Phi) is 8.81. The Balaban J connectivity index is 1.75. The number of nitriles is 1. The van der Waals surface area contributed by atoms with Crippen LogP contribution in [0.5, 0.6) is 11.5 Å². The van der Waals surface area contributed by atoms with E-state index in [1.54, 1.807) is 26.4 Å². The van der Waals surface area contributed by atoms with E-state index >= 15 is 0 Å². The Hall–Kier alpha value is -4.84. The Morgan fingerprint density at radius 3 is 2.19 bits per heavy atom. The summed E-state index contributed by atoms with van der Waals surface area (Å²) < 4.78 is 12.9. The first-order valence-electron chi connectivity index (χ1n) is 14.1. The van der Waals surface area contributed by atoms with E-state index in [0.29, 0.717) is 17.1 Å². The third kappa shape index (κ3) is 6.05. The number of carboxylic acids is 2. The third-order valence-electron chi connectivity index (χ3n) is 8.27. The maximum Gasteiger partial charge on any atom is 0.309 e. The van der Waals surface area contributed by atoms with Crippen molar-refractivity contribution in [2.24, 2.45) is 0 Å². The van der Waals surface area contributed by atoms with Gasteiger partial charge in [-0.15, -0.1) is 0 Å². The Bertz CT molecular complexity index is 1620. The second-order valence-electron chi connectivity index (χ2n) is 11.6. The van der Waals surface area contributed by atoms with Gasteiger partial charge >= 0.3 is 11.9 Å². The lowest BCUT2D eigenvalue weighted by Gasteiger charge is -2.26. The minimum atomic E-state index is -0.891. The van der Waals surface area contributed by atoms with Crippen LogP contribution < -0.4 is 14.4 Å². The average Bonchev–Trinajstić information content (AvgIpc) is 3.32. The molecule has 0 spiro atoms. The fourth-order valence-electron chi connectivity index (χ4n) is 5.93. The molecule has 224 valence electrons. The minimum absolute atomic E-state index is 0.0431. The normalized spacial score (nSPS) is 17.7. The summed E-state index contributed by atoms with van der Waals surface area (Å²) in [6.45, 7) is 8.82. The number of allylic oxidation sites excluding steroid dienone is 6. The van der Waals surface area contributed by atoms with Crippen LogP contribution >= 0.6 is 0 Å². The van der Waals surface area contributed by atoms with Crippen LogP contribution in [0.2, 0.25) is 0 Å². The standard InChI is InChI=1S/C34H37N3O6/c1-33(2)25-19-23(42-5)9-11-27(25)36(17-15-31(38)39)29(33)13-7-22(21-35)8-14-30-34(3,4)26-20-24(43-6)10-12-28(26)37(30)18-16-32(40)41/h7-14,19-20H,15-18H2,1-6H3,(H-,38,39,40,41)/p+1. The first-order valence-corrected chi connectivity index (χ1v) is 14.1. The van der Waals surface area contributed by atoms with E-state index in [2.05, 4.69) is 33.8 Å². The van der Waals surface area contributed by atoms with Crippen molar-refractivity contribution in [1.29, 1.82) is 5.26 Å². The van der Waals surface area contributed by atoms with Crippen LogP contribution in [0, 0.1) is 11.3 Å². The Morgan fingerprint density at radius 2 is 1.58 bits per heavy atom. The van der Waals surface area contributed by atoms with Crippen molar-refractivity contribution in [1.82, 2.24) is 0 Å². The van der Waals surface area contributed by atoms with Gasteiger partial charge in [0.25, 0.3) is 0 Å². The highest BCUT2D eigenvalue weighted by atomic mass is 16.5. The number of ether oxygens (including phenoxy) is 2. The molecule has 0 aliphatic carbocycles. The first kappa shape index (κ1) is 31.1. The molecule has 2 N–H and O–H groups in total. The Labute approximate surface area is 252 Å². The zero-order chi connectivity index (χ0) is 31.5. The van der Waals surface area contributed by atoms with Crippen molar-refractivity contribution in [3.8, 4) is 17.6 Å². The van der Waals surface area contributed by atoms with E-state index in [0.717, 1.165) is 33.9 Å². The number of hydrogen-bond acceptors (Lipinski definition) is 6. The third-order valence-corrected chi connectivity index (χ3v) is 8.27. The summed E-state index contributed by atoms with van der Waals surface area (Å²) in [5.41, 5.74) is 5.03. The molecule has 0 unspecified atom stereocenters. The van der Waals surface area contributed by atoms with Gasteiger partial charge in [0.05, 0.1) is 37.7 Å². The van der Waals surface area contributed by atoms with Crippen LogP contribution in [0.25, 0.3) is 0 Å². The van der Waals surface area contributed by atoms with Crippen molar-refractivity contribution < 1.29 is 33.9 Å². The minimum Gasteiger partial charge on any atom is -0.497 e. The van der Waals surface area contributed by atoms with Gasteiger partial charge in [0.15, 0.2) is 12.3 Å². The van der Waals surface area contributed by atoms with Gasteiger partial charge in [0.2, 0.25) is 5.69 Å². The SMILES string of the molecule is COc1ccc2c(c1)C(C)(C)C(/C=C/C(C#N)=C/C=C1/N(CCC(=O)O)c3ccc(OC)cc3C1(C)C)=[N+]2CCC(=O)O. The summed E-state index contributed by atoms with van der Waals surface area (Å²) in [7, 11) is 3.22. The smallest absolute Gasteiger partial charge is 0.309 e. The summed E-state index contributed by atoms with van der Waals surface area (Å²) in [4.78, 5) is 24.9. The van der Waals surface area contributed by atoms with Crippen molar-refractivity contribution in [3.63, 3.8) is 0 Å². The summed E-state index contributed by atoms with van der Waals surface area (Å²) in [5.74, 6) is -0.357. The molecule has 0 saturated carbocycles. The van der Waals surface area contributed by atoms with Gasteiger partial charge in [-0.05, 0) is 68.0 Å². The lowest BCUT2D eigenvalue weighted by molar-refractivity contribution is -0.436. The molecule has 2 aromatic rings. The molecule has 4 rings (SSSR count). The fraction of sp³-hybridized carbons (Fsp3) is 0.353. The summed E-state index contributed by atoms with van der Waals surface area (Å²) >= 11 is 0. The second kappa shape index (κ2) is 12.2. The molecule has 9 nitrogen and oxygen atoms in total. The number of methoxy groups -OCH3 is 2. The molecule has 0 fully saturated rings. The molecular formula is C34H38N3O6+. The quantitative estimate of drug-likeness (QED) is 0.195. The van der Waals surface area contributed by atoms with E-state index in [1.165, 1.54) is 0 Å². The summed E-state index contributed by atoms with van der Waals surface area (Å²) in [6, 6.07) is 13.8. The van der Waals surface area contributed by atoms with Crippen LogP contribution in [0.15, 0.2) is 72.0 Å². The summed E-state index contributed by atoms with van der Waals surface area (Å²) in [6.07, 6.45) is 7.15. The molecule has 2 aliphatic rings. The van der Waals surface area contributed by atoms with Crippen LogP contribution in [0.3, 0.4) is 0 Å². The predicted octanol–water partition coefficient (Wildman–Crippen LogP) is 5.72. The zero-order valence-electron chi connectivity index (χ0n) is 25.5. The van der Waals surface area contributed by atoms with Gasteiger partial charge in [-0.2, -0.15) is 9.84 Å². The number of benzene rings is 2. The topological polar surface area (TPSA) is 123 Å². The highest BCUT2D eigenvalue weighted by molar-refractivity contribution is 6.03. The number of carbonyl (C=O) groups is 2. The molecule has 0 bridgehead atoms. The number of aliphatic carboxylic acids is 2. The Morgan fingerprint density at radius 1 is 0.953 bits per heavy atom. The van der Waals surface area contributed by atoms with E-state index in [4.69, 9.17) is 9.47 Å². The number of anilines is 1. The highest BCUT2D eigenvalue weighted by Gasteiger charge is 2.45. The van der Waals surface area contributed by atoms with Crippen molar-refractivity contribution in [3.05, 3.63) is 83.1 Å². The van der Waals surface area contributed by atoms with E-state index in [-0.39, 0.29) is 25.9 Å². The maximum absolute atomic E-state index is 11.5. The lowest BCUT2D eigenvalue weighted by Crippen LogP contribution is -2.28. The monoisotopic (exact) mass is 584 g/mol. The molecule has 0 radical (unpaired) electrons. The number of rotatable bonds is 11. The van der Waals surface area contributed by atoms with E-state index in [1.807, 2.05) is 58.0 Å². The number of nitrogens with zero attached hydrogens (tertiary/aromatic N) is 3. The predicted molar refractivity (Wildman–Crippen MR) is 165 cm³/mol. The van der Waals surface area contributed by atoms with Gasteiger partial charge < -0.3 is 24.6 Å². The molecule has 9 heteroatoms. The van der Waals surface area contributed by atoms with Crippen molar-refractivity contribution >= 4 is 29.0 Å². The fourth-order valence-corrected chi connectivity index (χ4v) is 5.93. The number of hydrogen-bond donors (Lipinski definition) is 2. The molecule has 2 aliphatic heterocycles. The van der Waals surface area contributed by atoms with Gasteiger partial charge in [-0.3, -0.25) is 9.59 Å². The molecule has 0 aromatic heterocycles. The average molecular weight is 585 g/mol. The van der Waals surface area contributed by atoms with Crippen LogP contribution in [0.4, 0.5) is 11.4 Å². The molecule has 2 aromatic carbocycles. The molecule has 43 heavy (non-hydrogen) atoms. The van der Waals surface area contributed by atoms with Gasteiger partial charge in [-0.25, -0.2) is 0 Å². The van der Waals surface area contributed by atoms with E-state index < -0.39 is 22.8 Å². The van der Waals surface area contributed by atoms with E-state index in [9.17, 15) is 25.1 Å². The number of carboxylic acid groups (broad SMARTS) is 2. The summed E-state index contributed by atoms with van der Waals surface area (Å²) in [5, 5.41) is 28.9. The molecule has 0 atom stereocenters. The maximum atomic E-state index is 11.5. The molecule has 0 amide bonds. The van der Waals surface area contributed by atoms with Gasteiger partial charge in [0, 0.05) is 41.1 Å². The van der Waals surface area contributed by atoms with Gasteiger partial charge in [-0.1, -0.05) is 13.8 Å². The molecule has 2 heterocycles. The van der Waals surface area contributed by atoms with Crippen LogP contribution in [-0.4, -0.2) is 59.7 Å². The largest absolute Gasteiger partial charge is 0.497 e. The van der Waals surface area contributed by atoms with Crippen LogP contribution in [0.1, 0.15) is 51.7 Å². The van der Waals surface area contributed by atoms with Crippen molar-refractivity contribution in [2.75, 3.05) is 32.2 Å². The molecular weight excluding hydrogens is 546 g/mol.